The van der Waals surface area contributed by atoms with Crippen LogP contribution in [0.25, 0.3) is 0 Å². The van der Waals surface area contributed by atoms with Crippen LogP contribution < -0.4 is 5.32 Å². The predicted molar refractivity (Wildman–Crippen MR) is 57.6 cm³/mol. The van der Waals surface area contributed by atoms with Gasteiger partial charge in [0.15, 0.2) is 0 Å². The van der Waals surface area contributed by atoms with E-state index in [0.29, 0.717) is 17.4 Å². The first-order valence-corrected chi connectivity index (χ1v) is 5.01. The second-order valence-corrected chi connectivity index (χ2v) is 3.77. The lowest BCUT2D eigenvalue weighted by Gasteiger charge is -2.08. The Labute approximate surface area is 90.9 Å². The molecule has 0 bridgehead atoms. The van der Waals surface area contributed by atoms with Crippen LogP contribution in [0.15, 0.2) is 16.6 Å². The van der Waals surface area contributed by atoms with Crippen molar-refractivity contribution in [3.63, 3.8) is 0 Å². The Kier molecular flexibility index (Phi) is 3.90. The Balaban J connectivity index is 2.78. The molecule has 1 aromatic carbocycles. The first-order chi connectivity index (χ1) is 6.65. The summed E-state index contributed by atoms with van der Waals surface area (Å²) in [7, 11) is 0. The van der Waals surface area contributed by atoms with E-state index in [2.05, 4.69) is 21.2 Å². The molecule has 0 radical (unpaired) electrons. The van der Waals surface area contributed by atoms with E-state index in [1.165, 1.54) is 6.07 Å². The standard InChI is InChI=1S/C10H10BrFN2/c1-7-5-9(12)8(11)6-10(7)14-4-2-3-13/h5-6,14H,2,4H2,1H3. The van der Waals surface area contributed by atoms with Crippen molar-refractivity contribution >= 4 is 21.6 Å². The number of nitriles is 1. The summed E-state index contributed by atoms with van der Waals surface area (Å²) in [5.41, 5.74) is 1.69. The molecular weight excluding hydrogens is 247 g/mol. The van der Waals surface area contributed by atoms with E-state index in [-0.39, 0.29) is 5.82 Å². The van der Waals surface area contributed by atoms with E-state index < -0.39 is 0 Å². The van der Waals surface area contributed by atoms with Crippen molar-refractivity contribution in [1.29, 1.82) is 5.26 Å². The molecule has 0 aliphatic carbocycles. The first-order valence-electron chi connectivity index (χ1n) is 4.21. The normalized spacial score (nSPS) is 9.57. The Morgan fingerprint density at radius 3 is 2.93 bits per heavy atom. The summed E-state index contributed by atoms with van der Waals surface area (Å²) >= 11 is 3.11. The molecule has 1 N–H and O–H groups in total. The molecular formula is C10H10BrFN2. The number of aryl methyl sites for hydroxylation is 1. The second-order valence-electron chi connectivity index (χ2n) is 2.92. The molecule has 14 heavy (non-hydrogen) atoms. The highest BCUT2D eigenvalue weighted by Gasteiger charge is 2.04. The lowest BCUT2D eigenvalue weighted by Crippen LogP contribution is -2.02. The largest absolute Gasteiger partial charge is 0.384 e. The molecule has 0 atom stereocenters. The van der Waals surface area contributed by atoms with E-state index in [1.807, 2.05) is 13.0 Å². The minimum atomic E-state index is -0.270. The van der Waals surface area contributed by atoms with E-state index in [0.717, 1.165) is 11.3 Å². The van der Waals surface area contributed by atoms with Crippen molar-refractivity contribution in [2.45, 2.75) is 13.3 Å². The molecule has 74 valence electrons. The number of hydrogen-bond acceptors (Lipinski definition) is 2. The zero-order chi connectivity index (χ0) is 10.6. The topological polar surface area (TPSA) is 35.8 Å². The SMILES string of the molecule is Cc1cc(F)c(Br)cc1NCCC#N. The molecule has 0 heterocycles. The molecule has 1 aromatic rings. The summed E-state index contributed by atoms with van der Waals surface area (Å²) in [5, 5.41) is 11.4. The van der Waals surface area contributed by atoms with E-state index in [1.54, 1.807) is 6.07 Å². The fourth-order valence-electron chi connectivity index (χ4n) is 1.09. The fourth-order valence-corrected chi connectivity index (χ4v) is 1.43. The Morgan fingerprint density at radius 2 is 2.29 bits per heavy atom. The summed E-state index contributed by atoms with van der Waals surface area (Å²) in [6.45, 7) is 2.40. The van der Waals surface area contributed by atoms with Crippen LogP contribution in [0.5, 0.6) is 0 Å². The summed E-state index contributed by atoms with van der Waals surface area (Å²) in [4.78, 5) is 0. The third kappa shape index (κ3) is 2.71. The van der Waals surface area contributed by atoms with Gasteiger partial charge in [0, 0.05) is 12.2 Å². The van der Waals surface area contributed by atoms with Crippen molar-refractivity contribution in [1.82, 2.24) is 0 Å². The average Bonchev–Trinajstić information content (AvgIpc) is 2.14. The van der Waals surface area contributed by atoms with Crippen LogP contribution in [0.4, 0.5) is 10.1 Å². The number of anilines is 1. The first kappa shape index (κ1) is 11.0. The molecule has 0 aliphatic rings. The molecule has 0 spiro atoms. The molecule has 0 fully saturated rings. The maximum Gasteiger partial charge on any atom is 0.137 e. The molecule has 0 unspecified atom stereocenters. The van der Waals surface area contributed by atoms with E-state index in [4.69, 9.17) is 5.26 Å². The predicted octanol–water partition coefficient (Wildman–Crippen LogP) is 3.22. The van der Waals surface area contributed by atoms with Gasteiger partial charge in [-0.2, -0.15) is 5.26 Å². The molecule has 2 nitrogen and oxygen atoms in total. The van der Waals surface area contributed by atoms with Gasteiger partial charge >= 0.3 is 0 Å². The minimum Gasteiger partial charge on any atom is -0.384 e. The smallest absolute Gasteiger partial charge is 0.137 e. The molecule has 0 saturated carbocycles. The van der Waals surface area contributed by atoms with Crippen molar-refractivity contribution in [3.8, 4) is 6.07 Å². The number of halogens is 2. The zero-order valence-corrected chi connectivity index (χ0v) is 9.36. The number of hydrogen-bond donors (Lipinski definition) is 1. The van der Waals surface area contributed by atoms with Crippen LogP contribution in [0.2, 0.25) is 0 Å². The van der Waals surface area contributed by atoms with Crippen LogP contribution in [-0.2, 0) is 0 Å². The highest BCUT2D eigenvalue weighted by Crippen LogP contribution is 2.23. The molecule has 0 aromatic heterocycles. The van der Waals surface area contributed by atoms with Gasteiger partial charge in [-0.1, -0.05) is 0 Å². The molecule has 1 rings (SSSR count). The molecule has 0 aliphatic heterocycles. The van der Waals surface area contributed by atoms with Crippen LogP contribution in [-0.4, -0.2) is 6.54 Å². The minimum absolute atomic E-state index is 0.270. The maximum atomic E-state index is 13.0. The van der Waals surface area contributed by atoms with Gasteiger partial charge in [0.2, 0.25) is 0 Å². The van der Waals surface area contributed by atoms with Gasteiger partial charge < -0.3 is 5.32 Å². The lowest BCUT2D eigenvalue weighted by molar-refractivity contribution is 0.620. The van der Waals surface area contributed by atoms with Gasteiger partial charge in [-0.25, -0.2) is 4.39 Å². The summed E-state index contributed by atoms with van der Waals surface area (Å²) in [6, 6.07) is 5.17. The zero-order valence-electron chi connectivity index (χ0n) is 7.77. The van der Waals surface area contributed by atoms with Crippen LogP contribution in [0.1, 0.15) is 12.0 Å². The quantitative estimate of drug-likeness (QED) is 0.844. The van der Waals surface area contributed by atoms with Gasteiger partial charge in [-0.3, -0.25) is 0 Å². The van der Waals surface area contributed by atoms with Gasteiger partial charge in [0.25, 0.3) is 0 Å². The lowest BCUT2D eigenvalue weighted by atomic mass is 10.2. The third-order valence-corrected chi connectivity index (χ3v) is 2.43. The van der Waals surface area contributed by atoms with E-state index in [9.17, 15) is 4.39 Å². The van der Waals surface area contributed by atoms with E-state index >= 15 is 0 Å². The summed E-state index contributed by atoms with van der Waals surface area (Å²) < 4.78 is 13.5. The van der Waals surface area contributed by atoms with Crippen molar-refractivity contribution in [2.75, 3.05) is 11.9 Å². The van der Waals surface area contributed by atoms with Gasteiger partial charge in [-0.05, 0) is 40.5 Å². The Morgan fingerprint density at radius 1 is 1.57 bits per heavy atom. The Bertz CT molecular complexity index is 371. The highest BCUT2D eigenvalue weighted by molar-refractivity contribution is 9.10. The van der Waals surface area contributed by atoms with Gasteiger partial charge in [-0.15, -0.1) is 0 Å². The average molecular weight is 257 g/mol. The number of nitrogens with one attached hydrogen (secondary N) is 1. The van der Waals surface area contributed by atoms with Crippen LogP contribution >= 0.6 is 15.9 Å². The van der Waals surface area contributed by atoms with Gasteiger partial charge in [0.1, 0.15) is 5.82 Å². The summed E-state index contributed by atoms with van der Waals surface area (Å²) in [6.07, 6.45) is 0.439. The maximum absolute atomic E-state index is 13.0. The molecule has 0 amide bonds. The number of benzene rings is 1. The summed E-state index contributed by atoms with van der Waals surface area (Å²) in [5.74, 6) is -0.270. The number of nitrogens with zero attached hydrogens (tertiary/aromatic N) is 1. The Hall–Kier alpha value is -1.08. The second kappa shape index (κ2) is 4.97. The van der Waals surface area contributed by atoms with Crippen LogP contribution in [0, 0.1) is 24.1 Å². The van der Waals surface area contributed by atoms with Crippen molar-refractivity contribution < 1.29 is 4.39 Å². The van der Waals surface area contributed by atoms with Crippen molar-refractivity contribution in [2.24, 2.45) is 0 Å². The highest BCUT2D eigenvalue weighted by atomic mass is 79.9. The molecule has 4 heteroatoms. The molecule has 0 saturated heterocycles. The van der Waals surface area contributed by atoms with Crippen LogP contribution in [0.3, 0.4) is 0 Å². The number of rotatable bonds is 3. The van der Waals surface area contributed by atoms with Crippen molar-refractivity contribution in [3.05, 3.63) is 28.0 Å². The third-order valence-electron chi connectivity index (χ3n) is 1.82. The monoisotopic (exact) mass is 256 g/mol. The fraction of sp³-hybridized carbons (Fsp3) is 0.300. The van der Waals surface area contributed by atoms with Gasteiger partial charge in [0.05, 0.1) is 17.0 Å².